The second-order valence-corrected chi connectivity index (χ2v) is 5.07. The summed E-state index contributed by atoms with van der Waals surface area (Å²) in [5, 5.41) is 9.52. The zero-order valence-corrected chi connectivity index (χ0v) is 9.95. The van der Waals surface area contributed by atoms with Crippen LogP contribution in [-0.4, -0.2) is 11.2 Å². The molecule has 1 fully saturated rings. The van der Waals surface area contributed by atoms with Gasteiger partial charge in [-0.1, -0.05) is 37.1 Å². The maximum Gasteiger partial charge on any atom is 0.0552 e. The van der Waals surface area contributed by atoms with Gasteiger partial charge in [-0.3, -0.25) is 0 Å². The molecule has 1 saturated carbocycles. The average molecular weight is 219 g/mol. The van der Waals surface area contributed by atoms with Crippen molar-refractivity contribution < 1.29 is 5.11 Å². The highest BCUT2D eigenvalue weighted by Gasteiger charge is 2.32. The Labute approximate surface area is 97.5 Å². The zero-order chi connectivity index (χ0) is 11.6. The van der Waals surface area contributed by atoms with Crippen molar-refractivity contribution in [2.45, 2.75) is 50.7 Å². The van der Waals surface area contributed by atoms with Gasteiger partial charge in [0.05, 0.1) is 6.10 Å². The van der Waals surface area contributed by atoms with Crippen LogP contribution in [0.5, 0.6) is 0 Å². The maximum absolute atomic E-state index is 9.52. The van der Waals surface area contributed by atoms with Gasteiger partial charge >= 0.3 is 0 Å². The molecule has 3 N–H and O–H groups in total. The van der Waals surface area contributed by atoms with E-state index in [2.05, 4.69) is 12.1 Å². The van der Waals surface area contributed by atoms with Crippen LogP contribution in [0.3, 0.4) is 0 Å². The maximum atomic E-state index is 9.52. The normalized spacial score (nSPS) is 20.9. The molecule has 2 heteroatoms. The second kappa shape index (κ2) is 4.56. The van der Waals surface area contributed by atoms with Gasteiger partial charge < -0.3 is 10.8 Å². The lowest BCUT2D eigenvalue weighted by atomic mass is 9.84. The van der Waals surface area contributed by atoms with Crippen LogP contribution in [0.1, 0.15) is 43.7 Å². The Bertz CT molecular complexity index is 354. The van der Waals surface area contributed by atoms with Crippen LogP contribution >= 0.6 is 0 Å². The van der Waals surface area contributed by atoms with Crippen LogP contribution in [0.15, 0.2) is 24.3 Å². The molecule has 0 saturated heterocycles. The van der Waals surface area contributed by atoms with Crippen molar-refractivity contribution >= 4 is 0 Å². The lowest BCUT2D eigenvalue weighted by molar-refractivity contribution is 0.194. The van der Waals surface area contributed by atoms with Crippen molar-refractivity contribution in [2.24, 2.45) is 5.73 Å². The molecule has 0 radical (unpaired) electrons. The van der Waals surface area contributed by atoms with Crippen LogP contribution in [-0.2, 0) is 12.0 Å². The van der Waals surface area contributed by atoms with E-state index < -0.39 is 0 Å². The monoisotopic (exact) mass is 219 g/mol. The van der Waals surface area contributed by atoms with E-state index in [4.69, 9.17) is 5.73 Å². The third kappa shape index (κ3) is 2.28. The van der Waals surface area contributed by atoms with Crippen molar-refractivity contribution in [3.05, 3.63) is 35.4 Å². The van der Waals surface area contributed by atoms with E-state index in [-0.39, 0.29) is 11.6 Å². The van der Waals surface area contributed by atoms with Crippen LogP contribution in [0.25, 0.3) is 0 Å². The highest BCUT2D eigenvalue weighted by Crippen LogP contribution is 2.38. The summed E-state index contributed by atoms with van der Waals surface area (Å²) in [5.74, 6) is 0. The van der Waals surface area contributed by atoms with Crippen molar-refractivity contribution in [2.75, 3.05) is 0 Å². The largest absolute Gasteiger partial charge is 0.393 e. The van der Waals surface area contributed by atoms with E-state index >= 15 is 0 Å². The number of rotatable bonds is 3. The number of nitrogens with two attached hydrogens (primary N) is 1. The number of aliphatic hydroxyl groups excluding tert-OH is 1. The van der Waals surface area contributed by atoms with Gasteiger partial charge in [0.2, 0.25) is 0 Å². The summed E-state index contributed by atoms with van der Waals surface area (Å²) in [6.07, 6.45) is 4.99. The van der Waals surface area contributed by atoms with E-state index in [1.54, 1.807) is 0 Å². The number of benzene rings is 1. The molecular formula is C14H21NO. The predicted octanol–water partition coefficient (Wildman–Crippen LogP) is 2.34. The summed E-state index contributed by atoms with van der Waals surface area (Å²) in [5.41, 5.74) is 8.78. The molecule has 1 unspecified atom stereocenters. The molecule has 0 aliphatic heterocycles. The quantitative estimate of drug-likeness (QED) is 0.819. The molecule has 16 heavy (non-hydrogen) atoms. The van der Waals surface area contributed by atoms with Gasteiger partial charge in [-0.05, 0) is 37.3 Å². The standard InChI is InChI=1S/C14H21NO/c1-11(16)10-12-6-2-3-7-13(12)14(15)8-4-5-9-14/h2-3,6-7,11,16H,4-5,8-10,15H2,1H3. The zero-order valence-electron chi connectivity index (χ0n) is 9.95. The molecule has 1 aliphatic rings. The average Bonchev–Trinajstić information content (AvgIpc) is 2.66. The Morgan fingerprint density at radius 2 is 1.94 bits per heavy atom. The highest BCUT2D eigenvalue weighted by atomic mass is 16.3. The molecule has 0 bridgehead atoms. The van der Waals surface area contributed by atoms with Crippen LogP contribution in [0.2, 0.25) is 0 Å². The first kappa shape index (κ1) is 11.6. The van der Waals surface area contributed by atoms with Gasteiger partial charge in [0, 0.05) is 5.54 Å². The lowest BCUT2D eigenvalue weighted by Gasteiger charge is -2.27. The van der Waals surface area contributed by atoms with Crippen LogP contribution < -0.4 is 5.73 Å². The minimum atomic E-state index is -0.300. The molecule has 2 nitrogen and oxygen atoms in total. The fourth-order valence-electron chi connectivity index (χ4n) is 2.78. The van der Waals surface area contributed by atoms with E-state index in [1.807, 2.05) is 19.1 Å². The summed E-state index contributed by atoms with van der Waals surface area (Å²) in [7, 11) is 0. The predicted molar refractivity (Wildman–Crippen MR) is 66.2 cm³/mol. The molecule has 1 atom stereocenters. The first-order valence-electron chi connectivity index (χ1n) is 6.17. The molecule has 2 rings (SSSR count). The topological polar surface area (TPSA) is 46.2 Å². The van der Waals surface area contributed by atoms with Gasteiger partial charge in [0.1, 0.15) is 0 Å². The van der Waals surface area contributed by atoms with Crippen molar-refractivity contribution in [1.29, 1.82) is 0 Å². The number of hydrogen-bond acceptors (Lipinski definition) is 2. The van der Waals surface area contributed by atoms with Gasteiger partial charge in [-0.25, -0.2) is 0 Å². The third-order valence-corrected chi connectivity index (χ3v) is 3.56. The Hall–Kier alpha value is -0.860. The van der Waals surface area contributed by atoms with Gasteiger partial charge in [-0.2, -0.15) is 0 Å². The lowest BCUT2D eigenvalue weighted by Crippen LogP contribution is -2.34. The third-order valence-electron chi connectivity index (χ3n) is 3.56. The van der Waals surface area contributed by atoms with Gasteiger partial charge in [0.25, 0.3) is 0 Å². The first-order valence-corrected chi connectivity index (χ1v) is 6.17. The molecule has 0 spiro atoms. The molecule has 1 aromatic rings. The molecule has 1 aromatic carbocycles. The summed E-state index contributed by atoms with van der Waals surface area (Å²) >= 11 is 0. The molecule has 0 aromatic heterocycles. The van der Waals surface area contributed by atoms with Crippen molar-refractivity contribution in [1.82, 2.24) is 0 Å². The van der Waals surface area contributed by atoms with E-state index in [1.165, 1.54) is 24.0 Å². The molecule has 0 amide bonds. The fourth-order valence-corrected chi connectivity index (χ4v) is 2.78. The summed E-state index contributed by atoms with van der Waals surface area (Å²) in [6.45, 7) is 1.83. The summed E-state index contributed by atoms with van der Waals surface area (Å²) < 4.78 is 0. The number of hydrogen-bond donors (Lipinski definition) is 2. The Kier molecular flexibility index (Phi) is 3.31. The smallest absolute Gasteiger partial charge is 0.0552 e. The SMILES string of the molecule is CC(O)Cc1ccccc1C1(N)CCCC1. The Morgan fingerprint density at radius 3 is 2.56 bits per heavy atom. The second-order valence-electron chi connectivity index (χ2n) is 5.07. The Balaban J connectivity index is 2.32. The van der Waals surface area contributed by atoms with Crippen LogP contribution in [0.4, 0.5) is 0 Å². The minimum absolute atomic E-state index is 0.147. The summed E-state index contributed by atoms with van der Waals surface area (Å²) in [4.78, 5) is 0. The molecule has 88 valence electrons. The van der Waals surface area contributed by atoms with E-state index in [9.17, 15) is 5.11 Å². The van der Waals surface area contributed by atoms with Crippen molar-refractivity contribution in [3.8, 4) is 0 Å². The van der Waals surface area contributed by atoms with Crippen molar-refractivity contribution in [3.63, 3.8) is 0 Å². The minimum Gasteiger partial charge on any atom is -0.393 e. The summed E-state index contributed by atoms with van der Waals surface area (Å²) in [6, 6.07) is 8.30. The molecule has 0 heterocycles. The first-order chi connectivity index (χ1) is 7.62. The molecule has 1 aliphatic carbocycles. The van der Waals surface area contributed by atoms with Gasteiger partial charge in [-0.15, -0.1) is 0 Å². The van der Waals surface area contributed by atoms with Crippen LogP contribution in [0, 0.1) is 0 Å². The van der Waals surface area contributed by atoms with E-state index in [0.717, 1.165) is 12.8 Å². The molecular weight excluding hydrogens is 198 g/mol. The fraction of sp³-hybridized carbons (Fsp3) is 0.571. The highest BCUT2D eigenvalue weighted by molar-refractivity contribution is 5.34. The number of aliphatic hydroxyl groups is 1. The van der Waals surface area contributed by atoms with Gasteiger partial charge in [0.15, 0.2) is 0 Å². The Morgan fingerprint density at radius 1 is 1.31 bits per heavy atom. The van der Waals surface area contributed by atoms with E-state index in [0.29, 0.717) is 6.42 Å².